The number of nitrogens with one attached hydrogen (secondary N) is 2. The quantitative estimate of drug-likeness (QED) is 0.646. The molecule has 0 spiro atoms. The summed E-state index contributed by atoms with van der Waals surface area (Å²) in [7, 11) is -6.85. The molecule has 0 unspecified atom stereocenters. The number of thiophene rings is 1. The zero-order valence-electron chi connectivity index (χ0n) is 16.2. The van der Waals surface area contributed by atoms with Gasteiger partial charge in [-0.25, -0.2) is 21.6 Å². The SMILES string of the molecule is O=C(c1ccc(NS(=O)(=O)C2CC2)cc1)N1CCC(NS(=O)(=O)c2cccs2)CC1. The van der Waals surface area contributed by atoms with Gasteiger partial charge in [-0.05, 0) is 61.4 Å². The number of hydrogen-bond acceptors (Lipinski definition) is 6. The number of piperidine rings is 1. The van der Waals surface area contributed by atoms with Crippen LogP contribution in [-0.4, -0.2) is 52.0 Å². The van der Waals surface area contributed by atoms with E-state index < -0.39 is 20.0 Å². The van der Waals surface area contributed by atoms with E-state index in [0.717, 1.165) is 0 Å². The summed E-state index contributed by atoms with van der Waals surface area (Å²) in [6, 6.07) is 9.46. The van der Waals surface area contributed by atoms with Crippen molar-refractivity contribution in [3.63, 3.8) is 0 Å². The Morgan fingerprint density at radius 2 is 1.63 bits per heavy atom. The normalized spacial score (nSPS) is 18.3. The van der Waals surface area contributed by atoms with Gasteiger partial charge < -0.3 is 4.90 Å². The van der Waals surface area contributed by atoms with Gasteiger partial charge in [0.25, 0.3) is 5.91 Å². The number of hydrogen-bond donors (Lipinski definition) is 2. The Labute approximate surface area is 180 Å². The average Bonchev–Trinajstić information content (AvgIpc) is 3.43. The summed E-state index contributed by atoms with van der Waals surface area (Å²) in [6.07, 6.45) is 2.45. The molecule has 2 fully saturated rings. The summed E-state index contributed by atoms with van der Waals surface area (Å²) in [5.74, 6) is -0.147. The van der Waals surface area contributed by atoms with E-state index in [-0.39, 0.29) is 17.2 Å². The molecule has 1 saturated carbocycles. The first kappa shape index (κ1) is 21.3. The number of nitrogens with zero attached hydrogens (tertiary/aromatic N) is 1. The maximum absolute atomic E-state index is 12.7. The molecule has 0 bridgehead atoms. The van der Waals surface area contributed by atoms with Crippen molar-refractivity contribution in [1.82, 2.24) is 9.62 Å². The fourth-order valence-electron chi connectivity index (χ4n) is 3.38. The van der Waals surface area contributed by atoms with Gasteiger partial charge in [-0.2, -0.15) is 0 Å². The van der Waals surface area contributed by atoms with Crippen molar-refractivity contribution in [2.24, 2.45) is 0 Å². The van der Waals surface area contributed by atoms with Crippen LogP contribution in [0.4, 0.5) is 5.69 Å². The molecule has 1 aromatic carbocycles. The van der Waals surface area contributed by atoms with Gasteiger partial charge in [0.2, 0.25) is 20.0 Å². The van der Waals surface area contributed by atoms with E-state index in [0.29, 0.717) is 54.2 Å². The number of sulfonamides is 2. The van der Waals surface area contributed by atoms with E-state index in [9.17, 15) is 21.6 Å². The van der Waals surface area contributed by atoms with Crippen LogP contribution in [0, 0.1) is 0 Å². The largest absolute Gasteiger partial charge is 0.339 e. The van der Waals surface area contributed by atoms with Crippen LogP contribution in [-0.2, 0) is 20.0 Å². The van der Waals surface area contributed by atoms with Gasteiger partial charge >= 0.3 is 0 Å². The first-order valence-electron chi connectivity index (χ1n) is 9.71. The Hall–Kier alpha value is -1.95. The Bertz CT molecular complexity index is 1100. The minimum absolute atomic E-state index is 0.147. The minimum Gasteiger partial charge on any atom is -0.339 e. The van der Waals surface area contributed by atoms with Crippen molar-refractivity contribution in [3.8, 4) is 0 Å². The molecule has 2 aliphatic rings. The zero-order chi connectivity index (χ0) is 21.4. The van der Waals surface area contributed by atoms with Gasteiger partial charge in [0.15, 0.2) is 0 Å². The standard InChI is InChI=1S/C19H23N3O5S3/c23-19(14-3-5-15(6-4-14)20-29(24,25)17-7-8-17)22-11-9-16(10-12-22)21-30(26,27)18-2-1-13-28-18/h1-6,13,16-17,20-21H,7-12H2. The molecular weight excluding hydrogens is 446 g/mol. The molecule has 162 valence electrons. The fraction of sp³-hybridized carbons (Fsp3) is 0.421. The molecule has 8 nitrogen and oxygen atoms in total. The second kappa shape index (κ2) is 8.29. The molecule has 1 amide bonds. The smallest absolute Gasteiger partial charge is 0.253 e. The van der Waals surface area contributed by atoms with Crippen LogP contribution >= 0.6 is 11.3 Å². The highest BCUT2D eigenvalue weighted by molar-refractivity contribution is 7.93. The number of amides is 1. The molecule has 2 aromatic rings. The van der Waals surface area contributed by atoms with Gasteiger partial charge in [-0.1, -0.05) is 6.07 Å². The third-order valence-electron chi connectivity index (χ3n) is 5.22. The van der Waals surface area contributed by atoms with Gasteiger partial charge in [-0.3, -0.25) is 9.52 Å². The second-order valence-corrected chi connectivity index (χ2v) is 12.4. The highest BCUT2D eigenvalue weighted by Crippen LogP contribution is 2.29. The first-order chi connectivity index (χ1) is 14.2. The molecule has 11 heteroatoms. The summed E-state index contributed by atoms with van der Waals surface area (Å²) in [5, 5.41) is 1.41. The summed E-state index contributed by atoms with van der Waals surface area (Å²) < 4.78 is 54.2. The summed E-state index contributed by atoms with van der Waals surface area (Å²) in [4.78, 5) is 14.4. The van der Waals surface area contributed by atoms with E-state index in [1.165, 1.54) is 11.3 Å². The van der Waals surface area contributed by atoms with Crippen LogP contribution in [0.15, 0.2) is 46.0 Å². The lowest BCUT2D eigenvalue weighted by Gasteiger charge is -2.32. The third kappa shape index (κ3) is 4.85. The van der Waals surface area contributed by atoms with Crippen LogP contribution in [0.1, 0.15) is 36.0 Å². The Balaban J connectivity index is 1.32. The predicted molar refractivity (Wildman–Crippen MR) is 116 cm³/mol. The molecule has 0 radical (unpaired) electrons. The van der Waals surface area contributed by atoms with Crippen LogP contribution < -0.4 is 9.44 Å². The van der Waals surface area contributed by atoms with Crippen LogP contribution in [0.25, 0.3) is 0 Å². The molecule has 1 aliphatic carbocycles. The highest BCUT2D eigenvalue weighted by Gasteiger charge is 2.35. The van der Waals surface area contributed by atoms with Crippen molar-refractivity contribution >= 4 is 43.0 Å². The molecule has 2 heterocycles. The Kier molecular flexibility index (Phi) is 5.88. The second-order valence-electron chi connectivity index (χ2n) is 7.54. The number of anilines is 1. The van der Waals surface area contributed by atoms with Gasteiger partial charge in [-0.15, -0.1) is 11.3 Å². The monoisotopic (exact) mass is 469 g/mol. The van der Waals surface area contributed by atoms with Crippen molar-refractivity contribution in [1.29, 1.82) is 0 Å². The number of carbonyl (C=O) groups excluding carboxylic acids is 1. The van der Waals surface area contributed by atoms with E-state index in [1.54, 1.807) is 46.7 Å². The Morgan fingerprint density at radius 1 is 0.967 bits per heavy atom. The third-order valence-corrected chi connectivity index (χ3v) is 10.0. The summed E-state index contributed by atoms with van der Waals surface area (Å²) >= 11 is 1.17. The summed E-state index contributed by atoms with van der Waals surface area (Å²) in [5.41, 5.74) is 0.919. The van der Waals surface area contributed by atoms with Crippen LogP contribution in [0.5, 0.6) is 0 Å². The molecule has 0 atom stereocenters. The van der Waals surface area contributed by atoms with Crippen molar-refractivity contribution < 1.29 is 21.6 Å². The molecule has 1 aromatic heterocycles. The lowest BCUT2D eigenvalue weighted by Crippen LogP contribution is -2.46. The van der Waals surface area contributed by atoms with E-state index in [4.69, 9.17) is 0 Å². The maximum atomic E-state index is 12.7. The van der Waals surface area contributed by atoms with Gasteiger partial charge in [0.1, 0.15) is 4.21 Å². The molecular formula is C19H23N3O5S3. The predicted octanol–water partition coefficient (Wildman–Crippen LogP) is 2.24. The average molecular weight is 470 g/mol. The fourth-order valence-corrected chi connectivity index (χ4v) is 7.09. The molecule has 1 aliphatic heterocycles. The molecule has 1 saturated heterocycles. The topological polar surface area (TPSA) is 113 Å². The van der Waals surface area contributed by atoms with Gasteiger partial charge in [0.05, 0.1) is 5.25 Å². The minimum atomic E-state index is -3.52. The van der Waals surface area contributed by atoms with E-state index in [1.807, 2.05) is 0 Å². The molecule has 30 heavy (non-hydrogen) atoms. The van der Waals surface area contributed by atoms with Gasteiger partial charge in [0, 0.05) is 30.4 Å². The molecule has 2 N–H and O–H groups in total. The van der Waals surface area contributed by atoms with Crippen molar-refractivity contribution in [3.05, 3.63) is 47.3 Å². The van der Waals surface area contributed by atoms with Crippen molar-refractivity contribution in [2.45, 2.75) is 41.2 Å². The number of likely N-dealkylation sites (tertiary alicyclic amines) is 1. The number of carbonyl (C=O) groups is 1. The molecule has 4 rings (SSSR count). The summed E-state index contributed by atoms with van der Waals surface area (Å²) in [6.45, 7) is 0.902. The van der Waals surface area contributed by atoms with E-state index >= 15 is 0 Å². The first-order valence-corrected chi connectivity index (χ1v) is 13.6. The lowest BCUT2D eigenvalue weighted by atomic mass is 10.0. The Morgan fingerprint density at radius 3 is 2.20 bits per heavy atom. The zero-order valence-corrected chi connectivity index (χ0v) is 18.6. The van der Waals surface area contributed by atoms with Crippen LogP contribution in [0.3, 0.4) is 0 Å². The highest BCUT2D eigenvalue weighted by atomic mass is 32.2. The van der Waals surface area contributed by atoms with Crippen LogP contribution in [0.2, 0.25) is 0 Å². The number of benzene rings is 1. The van der Waals surface area contributed by atoms with E-state index in [2.05, 4.69) is 9.44 Å². The number of rotatable bonds is 7. The van der Waals surface area contributed by atoms with Crippen molar-refractivity contribution in [2.75, 3.05) is 17.8 Å². The lowest BCUT2D eigenvalue weighted by molar-refractivity contribution is 0.0711. The maximum Gasteiger partial charge on any atom is 0.253 e.